The van der Waals surface area contributed by atoms with Crippen molar-refractivity contribution in [1.82, 2.24) is 15.2 Å². The van der Waals surface area contributed by atoms with E-state index in [0.717, 1.165) is 5.56 Å². The van der Waals surface area contributed by atoms with Crippen LogP contribution in [0.15, 0.2) is 57.4 Å². The van der Waals surface area contributed by atoms with Crippen LogP contribution in [0.2, 0.25) is 0 Å². The molecule has 1 amide bonds. The fourth-order valence-electron chi connectivity index (χ4n) is 2.45. The first-order valence-electron chi connectivity index (χ1n) is 7.66. The summed E-state index contributed by atoms with van der Waals surface area (Å²) in [6, 6.07) is 14.6. The minimum Gasteiger partial charge on any atom is -0.423 e. The quantitative estimate of drug-likeness (QED) is 0.570. The molecular weight excluding hydrogens is 320 g/mol. The topological polar surface area (TPSA) is 85.3 Å². The summed E-state index contributed by atoms with van der Waals surface area (Å²) < 4.78 is 11.0. The molecule has 0 spiro atoms. The van der Waals surface area contributed by atoms with Gasteiger partial charge in [0.2, 0.25) is 11.8 Å². The molecule has 2 aromatic heterocycles. The number of benzene rings is 2. The number of aryl methyl sites for hydroxylation is 1. The van der Waals surface area contributed by atoms with E-state index in [1.165, 1.54) is 4.90 Å². The van der Waals surface area contributed by atoms with Gasteiger partial charge in [0.25, 0.3) is 5.91 Å². The van der Waals surface area contributed by atoms with Gasteiger partial charge in [0.1, 0.15) is 5.52 Å². The molecule has 0 atom stereocenters. The summed E-state index contributed by atoms with van der Waals surface area (Å²) in [4.78, 5) is 18.4. The highest BCUT2D eigenvalue weighted by Gasteiger charge is 2.19. The van der Waals surface area contributed by atoms with Gasteiger partial charge in [-0.1, -0.05) is 12.1 Å². The molecule has 0 saturated heterocycles. The molecule has 0 fully saturated rings. The number of para-hydroxylation sites is 2. The molecule has 4 rings (SSSR count). The lowest BCUT2D eigenvalue weighted by molar-refractivity contribution is 0.0988. The van der Waals surface area contributed by atoms with E-state index in [1.54, 1.807) is 38.2 Å². The average molecular weight is 334 g/mol. The van der Waals surface area contributed by atoms with E-state index < -0.39 is 0 Å². The summed E-state index contributed by atoms with van der Waals surface area (Å²) in [6.45, 7) is 1.73. The highest BCUT2D eigenvalue weighted by molar-refractivity contribution is 6.05. The van der Waals surface area contributed by atoms with Crippen molar-refractivity contribution in [2.45, 2.75) is 6.92 Å². The normalized spacial score (nSPS) is 11.0. The number of anilines is 1. The average Bonchev–Trinajstić information content (AvgIpc) is 3.26. The number of nitrogens with zero attached hydrogens (tertiary/aromatic N) is 4. The highest BCUT2D eigenvalue weighted by atomic mass is 16.4. The van der Waals surface area contributed by atoms with Gasteiger partial charge in [0, 0.05) is 25.1 Å². The third-order valence-electron chi connectivity index (χ3n) is 3.78. The van der Waals surface area contributed by atoms with Crippen molar-refractivity contribution in [3.8, 4) is 11.5 Å². The van der Waals surface area contributed by atoms with E-state index in [0.29, 0.717) is 28.4 Å². The van der Waals surface area contributed by atoms with Crippen LogP contribution in [0.5, 0.6) is 0 Å². The molecule has 25 heavy (non-hydrogen) atoms. The second kappa shape index (κ2) is 5.86. The van der Waals surface area contributed by atoms with Crippen molar-refractivity contribution in [3.63, 3.8) is 0 Å². The molecule has 0 radical (unpaired) electrons. The Morgan fingerprint density at radius 2 is 1.76 bits per heavy atom. The Balaban J connectivity index is 1.59. The van der Waals surface area contributed by atoms with E-state index in [2.05, 4.69) is 15.2 Å². The van der Waals surface area contributed by atoms with Gasteiger partial charge in [0.15, 0.2) is 5.58 Å². The maximum Gasteiger partial charge on any atom is 0.305 e. The van der Waals surface area contributed by atoms with Crippen LogP contribution in [-0.2, 0) is 0 Å². The maximum atomic E-state index is 12.6. The van der Waals surface area contributed by atoms with Crippen molar-refractivity contribution in [2.24, 2.45) is 0 Å². The monoisotopic (exact) mass is 334 g/mol. The van der Waals surface area contributed by atoms with Crippen LogP contribution in [0.4, 0.5) is 6.01 Å². The van der Waals surface area contributed by atoms with Gasteiger partial charge < -0.3 is 8.83 Å². The molecule has 2 aromatic carbocycles. The van der Waals surface area contributed by atoms with Gasteiger partial charge in [-0.3, -0.25) is 9.69 Å². The van der Waals surface area contributed by atoms with E-state index >= 15 is 0 Å². The summed E-state index contributed by atoms with van der Waals surface area (Å²) in [5.74, 6) is 0.689. The van der Waals surface area contributed by atoms with Crippen molar-refractivity contribution < 1.29 is 13.6 Å². The molecule has 0 aliphatic carbocycles. The second-order valence-corrected chi connectivity index (χ2v) is 5.53. The second-order valence-electron chi connectivity index (χ2n) is 5.53. The molecule has 0 bridgehead atoms. The van der Waals surface area contributed by atoms with Crippen molar-refractivity contribution >= 4 is 23.0 Å². The minimum atomic E-state index is -0.222. The Labute approximate surface area is 142 Å². The number of carbonyl (C=O) groups is 1. The molecule has 7 heteroatoms. The zero-order valence-corrected chi connectivity index (χ0v) is 13.6. The van der Waals surface area contributed by atoms with Gasteiger partial charge in [-0.2, -0.15) is 4.98 Å². The Bertz CT molecular complexity index is 1020. The van der Waals surface area contributed by atoms with Crippen molar-refractivity contribution in [3.05, 3.63) is 60.0 Å². The summed E-state index contributed by atoms with van der Waals surface area (Å²) >= 11 is 0. The molecule has 0 aliphatic heterocycles. The first-order valence-corrected chi connectivity index (χ1v) is 7.66. The summed E-state index contributed by atoms with van der Waals surface area (Å²) in [5.41, 5.74) is 2.60. The number of carbonyl (C=O) groups excluding carboxylic acids is 1. The largest absolute Gasteiger partial charge is 0.423 e. The summed E-state index contributed by atoms with van der Waals surface area (Å²) in [5, 5.41) is 7.76. The molecule has 0 N–H and O–H groups in total. The van der Waals surface area contributed by atoms with E-state index in [4.69, 9.17) is 8.83 Å². The lowest BCUT2D eigenvalue weighted by atomic mass is 10.1. The van der Waals surface area contributed by atoms with Crippen LogP contribution in [0.1, 0.15) is 16.2 Å². The molecule has 7 nitrogen and oxygen atoms in total. The van der Waals surface area contributed by atoms with Crippen LogP contribution in [0.25, 0.3) is 22.6 Å². The standard InChI is InChI=1S/C18H14N4O3/c1-11-20-21-16(24-11)12-7-9-13(10-8-12)17(23)22(2)18-19-14-5-3-4-6-15(14)25-18/h3-10H,1-2H3. The molecule has 0 aliphatic rings. The van der Waals surface area contributed by atoms with Gasteiger partial charge in [-0.05, 0) is 36.4 Å². The van der Waals surface area contributed by atoms with Gasteiger partial charge >= 0.3 is 6.01 Å². The molecule has 0 saturated carbocycles. The first kappa shape index (κ1) is 15.1. The Morgan fingerprint density at radius 3 is 2.44 bits per heavy atom. The predicted molar refractivity (Wildman–Crippen MR) is 91.2 cm³/mol. The van der Waals surface area contributed by atoms with Gasteiger partial charge in [-0.25, -0.2) is 0 Å². The molecule has 2 heterocycles. The zero-order chi connectivity index (χ0) is 17.4. The van der Waals surface area contributed by atoms with E-state index in [-0.39, 0.29) is 11.9 Å². The minimum absolute atomic E-state index is 0.222. The molecule has 4 aromatic rings. The number of hydrogen-bond acceptors (Lipinski definition) is 6. The Morgan fingerprint density at radius 1 is 1.00 bits per heavy atom. The lowest BCUT2D eigenvalue weighted by Crippen LogP contribution is -2.26. The predicted octanol–water partition coefficient (Wildman–Crippen LogP) is 3.46. The third kappa shape index (κ3) is 2.76. The summed E-state index contributed by atoms with van der Waals surface area (Å²) in [7, 11) is 1.63. The Kier molecular flexibility index (Phi) is 3.53. The first-order chi connectivity index (χ1) is 12.1. The van der Waals surface area contributed by atoms with E-state index in [1.807, 2.05) is 24.3 Å². The number of amides is 1. The number of aromatic nitrogens is 3. The highest BCUT2D eigenvalue weighted by Crippen LogP contribution is 2.23. The zero-order valence-electron chi connectivity index (χ0n) is 13.6. The molecular formula is C18H14N4O3. The number of fused-ring (bicyclic) bond motifs is 1. The smallest absolute Gasteiger partial charge is 0.305 e. The van der Waals surface area contributed by atoms with Crippen LogP contribution >= 0.6 is 0 Å². The Hall–Kier alpha value is -3.48. The number of rotatable bonds is 3. The SMILES string of the molecule is Cc1nnc(-c2ccc(C(=O)N(C)c3nc4ccccc4o3)cc2)o1. The van der Waals surface area contributed by atoms with Crippen molar-refractivity contribution in [1.29, 1.82) is 0 Å². The molecule has 124 valence electrons. The third-order valence-corrected chi connectivity index (χ3v) is 3.78. The van der Waals surface area contributed by atoms with Crippen molar-refractivity contribution in [2.75, 3.05) is 11.9 Å². The fourth-order valence-corrected chi connectivity index (χ4v) is 2.45. The fraction of sp³-hybridized carbons (Fsp3) is 0.111. The molecule has 0 unspecified atom stereocenters. The number of oxazole rings is 1. The van der Waals surface area contributed by atoms with Gasteiger partial charge in [-0.15, -0.1) is 10.2 Å². The lowest BCUT2D eigenvalue weighted by Gasteiger charge is -2.12. The van der Waals surface area contributed by atoms with Crippen LogP contribution in [0.3, 0.4) is 0 Å². The van der Waals surface area contributed by atoms with Gasteiger partial charge in [0.05, 0.1) is 0 Å². The maximum absolute atomic E-state index is 12.6. The van der Waals surface area contributed by atoms with E-state index in [9.17, 15) is 4.79 Å². The number of hydrogen-bond donors (Lipinski definition) is 0. The van der Waals surface area contributed by atoms with Crippen LogP contribution in [0, 0.1) is 6.92 Å². The van der Waals surface area contributed by atoms with Crippen LogP contribution < -0.4 is 4.90 Å². The summed E-state index contributed by atoms with van der Waals surface area (Å²) in [6.07, 6.45) is 0. The van der Waals surface area contributed by atoms with Crippen LogP contribution in [-0.4, -0.2) is 28.1 Å².